The number of amides is 1. The van der Waals surface area contributed by atoms with Crippen LogP contribution in [0.15, 0.2) is 0 Å². The Morgan fingerprint density at radius 1 is 1.53 bits per heavy atom. The summed E-state index contributed by atoms with van der Waals surface area (Å²) in [6.07, 6.45) is 5.10. The Hall–Kier alpha value is -0.280. The third-order valence-corrected chi connectivity index (χ3v) is 3.26. The molecule has 0 aliphatic carbocycles. The Balaban J connectivity index is 2.14. The van der Waals surface area contributed by atoms with Gasteiger partial charge in [0.1, 0.15) is 0 Å². The number of carbonyl (C=O) groups excluding carboxylic acids is 1. The Labute approximate surface area is 97.2 Å². The lowest BCUT2D eigenvalue weighted by Gasteiger charge is -2.32. The Kier molecular flexibility index (Phi) is 6.03. The summed E-state index contributed by atoms with van der Waals surface area (Å²) in [6, 6.07) is 0.527. The summed E-state index contributed by atoms with van der Waals surface area (Å²) in [7, 11) is 2.13. The largest absolute Gasteiger partial charge is 0.355 e. The van der Waals surface area contributed by atoms with Crippen molar-refractivity contribution in [1.82, 2.24) is 10.2 Å². The summed E-state index contributed by atoms with van der Waals surface area (Å²) in [6.45, 7) is 1.94. The molecule has 88 valence electrons. The lowest BCUT2D eigenvalue weighted by molar-refractivity contribution is -0.121. The first-order valence-corrected chi connectivity index (χ1v) is 6.30. The van der Waals surface area contributed by atoms with Crippen LogP contribution in [0, 0.1) is 0 Å². The van der Waals surface area contributed by atoms with Crippen LogP contribution in [-0.4, -0.2) is 42.9 Å². The zero-order valence-electron chi connectivity index (χ0n) is 9.47. The van der Waals surface area contributed by atoms with Crippen molar-refractivity contribution in [2.75, 3.05) is 26.0 Å². The van der Waals surface area contributed by atoms with Gasteiger partial charge in [-0.2, -0.15) is 0 Å². The van der Waals surface area contributed by atoms with E-state index in [2.05, 4.69) is 17.3 Å². The first-order chi connectivity index (χ1) is 7.24. The molecule has 1 aliphatic rings. The van der Waals surface area contributed by atoms with E-state index in [0.29, 0.717) is 18.3 Å². The molecule has 1 atom stereocenters. The Bertz CT molecular complexity index is 199. The number of nitrogens with zero attached hydrogens (tertiary/aromatic N) is 1. The summed E-state index contributed by atoms with van der Waals surface area (Å²) in [5, 5.41) is 2.98. The van der Waals surface area contributed by atoms with E-state index in [1.807, 2.05) is 0 Å². The van der Waals surface area contributed by atoms with Crippen molar-refractivity contribution in [2.45, 2.75) is 38.1 Å². The van der Waals surface area contributed by atoms with Crippen molar-refractivity contribution in [3.05, 3.63) is 0 Å². The van der Waals surface area contributed by atoms with Crippen molar-refractivity contribution >= 4 is 17.5 Å². The number of rotatable bonds is 5. The van der Waals surface area contributed by atoms with E-state index in [1.54, 1.807) is 0 Å². The number of hydrogen-bond donors (Lipinski definition) is 1. The van der Waals surface area contributed by atoms with Crippen LogP contribution in [0.2, 0.25) is 0 Å². The van der Waals surface area contributed by atoms with Crippen molar-refractivity contribution in [3.63, 3.8) is 0 Å². The van der Waals surface area contributed by atoms with Crippen molar-refractivity contribution in [1.29, 1.82) is 0 Å². The van der Waals surface area contributed by atoms with E-state index in [9.17, 15) is 4.79 Å². The van der Waals surface area contributed by atoms with E-state index < -0.39 is 0 Å². The molecule has 0 aromatic carbocycles. The van der Waals surface area contributed by atoms with Gasteiger partial charge in [0, 0.05) is 24.9 Å². The zero-order valence-corrected chi connectivity index (χ0v) is 10.2. The number of halogens is 1. The topological polar surface area (TPSA) is 32.3 Å². The molecule has 15 heavy (non-hydrogen) atoms. The molecular formula is C11H21ClN2O. The zero-order chi connectivity index (χ0) is 11.1. The van der Waals surface area contributed by atoms with Gasteiger partial charge in [0.15, 0.2) is 0 Å². The molecule has 1 saturated heterocycles. The third kappa shape index (κ3) is 4.85. The van der Waals surface area contributed by atoms with Gasteiger partial charge in [0.05, 0.1) is 0 Å². The minimum Gasteiger partial charge on any atom is -0.355 e. The lowest BCUT2D eigenvalue weighted by atomic mass is 10.0. The molecule has 0 saturated carbocycles. The van der Waals surface area contributed by atoms with Crippen LogP contribution in [0.5, 0.6) is 0 Å². The third-order valence-electron chi connectivity index (χ3n) is 2.99. The SMILES string of the molecule is CN1CCCCC1CNC(=O)CCCCl. The molecule has 0 bridgehead atoms. The Morgan fingerprint density at radius 2 is 2.33 bits per heavy atom. The van der Waals surface area contributed by atoms with Gasteiger partial charge in [0.2, 0.25) is 5.91 Å². The lowest BCUT2D eigenvalue weighted by Crippen LogP contribution is -2.44. The van der Waals surface area contributed by atoms with Gasteiger partial charge in [0.25, 0.3) is 0 Å². The smallest absolute Gasteiger partial charge is 0.220 e. The number of piperidine rings is 1. The molecule has 0 aromatic heterocycles. The van der Waals surface area contributed by atoms with Crippen molar-refractivity contribution in [3.8, 4) is 0 Å². The van der Waals surface area contributed by atoms with E-state index >= 15 is 0 Å². The number of alkyl halides is 1. The highest BCUT2D eigenvalue weighted by atomic mass is 35.5. The molecule has 0 spiro atoms. The molecular weight excluding hydrogens is 212 g/mol. The standard InChI is InChI=1S/C11H21ClN2O/c1-14-8-3-2-5-10(14)9-13-11(15)6-4-7-12/h10H,2-9H2,1H3,(H,13,15). The maximum atomic E-state index is 11.4. The van der Waals surface area contributed by atoms with Gasteiger partial charge in [-0.15, -0.1) is 11.6 Å². The number of likely N-dealkylation sites (N-methyl/N-ethyl adjacent to an activating group) is 1. The minimum atomic E-state index is 0.134. The molecule has 0 aromatic rings. The average Bonchev–Trinajstić information content (AvgIpc) is 2.25. The Morgan fingerprint density at radius 3 is 3.00 bits per heavy atom. The van der Waals surface area contributed by atoms with Crippen molar-refractivity contribution < 1.29 is 4.79 Å². The van der Waals surface area contributed by atoms with Crippen LogP contribution in [0.1, 0.15) is 32.1 Å². The number of likely N-dealkylation sites (tertiary alicyclic amines) is 1. The number of hydrogen-bond acceptors (Lipinski definition) is 2. The van der Waals surface area contributed by atoms with Gasteiger partial charge in [-0.05, 0) is 32.9 Å². The second-order valence-electron chi connectivity index (χ2n) is 4.23. The monoisotopic (exact) mass is 232 g/mol. The first-order valence-electron chi connectivity index (χ1n) is 5.77. The molecule has 1 amide bonds. The molecule has 3 nitrogen and oxygen atoms in total. The van der Waals surface area contributed by atoms with Crippen LogP contribution in [-0.2, 0) is 4.79 Å². The van der Waals surface area contributed by atoms with Crippen LogP contribution < -0.4 is 5.32 Å². The maximum Gasteiger partial charge on any atom is 0.220 e. The van der Waals surface area contributed by atoms with Crippen LogP contribution in [0.25, 0.3) is 0 Å². The van der Waals surface area contributed by atoms with Crippen LogP contribution >= 0.6 is 11.6 Å². The predicted molar refractivity (Wildman–Crippen MR) is 63.2 cm³/mol. The van der Waals surface area contributed by atoms with Crippen LogP contribution in [0.4, 0.5) is 0 Å². The highest BCUT2D eigenvalue weighted by Crippen LogP contribution is 2.13. The minimum absolute atomic E-state index is 0.134. The summed E-state index contributed by atoms with van der Waals surface area (Å²) in [4.78, 5) is 13.7. The predicted octanol–water partition coefficient (Wildman–Crippen LogP) is 1.61. The fourth-order valence-corrected chi connectivity index (χ4v) is 2.08. The highest BCUT2D eigenvalue weighted by molar-refractivity contribution is 6.17. The van der Waals surface area contributed by atoms with Gasteiger partial charge in [-0.1, -0.05) is 6.42 Å². The highest BCUT2D eigenvalue weighted by Gasteiger charge is 2.18. The second kappa shape index (κ2) is 7.07. The van der Waals surface area contributed by atoms with Crippen molar-refractivity contribution in [2.24, 2.45) is 0 Å². The maximum absolute atomic E-state index is 11.4. The molecule has 1 heterocycles. The van der Waals surface area contributed by atoms with Crippen LogP contribution in [0.3, 0.4) is 0 Å². The van der Waals surface area contributed by atoms with Gasteiger partial charge in [-0.3, -0.25) is 4.79 Å². The molecule has 0 radical (unpaired) electrons. The second-order valence-corrected chi connectivity index (χ2v) is 4.60. The molecule has 1 fully saturated rings. The summed E-state index contributed by atoms with van der Waals surface area (Å²) in [5.74, 6) is 0.700. The summed E-state index contributed by atoms with van der Waals surface area (Å²) < 4.78 is 0. The normalized spacial score (nSPS) is 22.7. The molecule has 1 aliphatic heterocycles. The number of nitrogens with one attached hydrogen (secondary N) is 1. The van der Waals surface area contributed by atoms with E-state index in [1.165, 1.54) is 19.3 Å². The quantitative estimate of drug-likeness (QED) is 0.731. The van der Waals surface area contributed by atoms with E-state index in [4.69, 9.17) is 11.6 Å². The van der Waals surface area contributed by atoms with E-state index in [0.717, 1.165) is 19.5 Å². The molecule has 1 unspecified atom stereocenters. The molecule has 4 heteroatoms. The first kappa shape index (κ1) is 12.8. The summed E-state index contributed by atoms with van der Waals surface area (Å²) >= 11 is 5.53. The van der Waals surface area contributed by atoms with Gasteiger partial charge in [-0.25, -0.2) is 0 Å². The molecule has 1 N–H and O–H groups in total. The fraction of sp³-hybridized carbons (Fsp3) is 0.909. The fourth-order valence-electron chi connectivity index (χ4n) is 1.95. The van der Waals surface area contributed by atoms with Gasteiger partial charge >= 0.3 is 0 Å². The molecule has 1 rings (SSSR count). The van der Waals surface area contributed by atoms with Gasteiger partial charge < -0.3 is 10.2 Å². The van der Waals surface area contributed by atoms with E-state index in [-0.39, 0.29) is 5.91 Å². The number of carbonyl (C=O) groups is 1. The average molecular weight is 233 g/mol. The summed E-state index contributed by atoms with van der Waals surface area (Å²) in [5.41, 5.74) is 0.